The quantitative estimate of drug-likeness (QED) is 0.791. The predicted octanol–water partition coefficient (Wildman–Crippen LogP) is 2.65. The van der Waals surface area contributed by atoms with Gasteiger partial charge in [-0.3, -0.25) is 4.90 Å². The fourth-order valence-electron chi connectivity index (χ4n) is 2.88. The van der Waals surface area contributed by atoms with Crippen molar-refractivity contribution < 1.29 is 4.74 Å². The average Bonchev–Trinajstić information content (AvgIpc) is 2.29. The molecule has 0 spiro atoms. The van der Waals surface area contributed by atoms with Crippen molar-refractivity contribution in [3.8, 4) is 0 Å². The van der Waals surface area contributed by atoms with E-state index in [0.29, 0.717) is 11.6 Å². The van der Waals surface area contributed by atoms with Gasteiger partial charge in [0.15, 0.2) is 0 Å². The Morgan fingerprint density at radius 2 is 1.83 bits per heavy atom. The second kappa shape index (κ2) is 6.36. The molecule has 18 heavy (non-hydrogen) atoms. The molecule has 0 aromatic rings. The number of rotatable bonds is 6. The van der Waals surface area contributed by atoms with Gasteiger partial charge in [-0.05, 0) is 40.5 Å². The maximum absolute atomic E-state index is 5.73. The Hall–Kier alpha value is -0.120. The lowest BCUT2D eigenvalue weighted by molar-refractivity contribution is -0.0217. The molecule has 0 saturated carbocycles. The molecule has 0 amide bonds. The van der Waals surface area contributed by atoms with Gasteiger partial charge in [0.1, 0.15) is 0 Å². The van der Waals surface area contributed by atoms with E-state index in [-0.39, 0.29) is 5.54 Å². The summed E-state index contributed by atoms with van der Waals surface area (Å²) in [5, 5.41) is 3.70. The molecule has 1 aliphatic rings. The maximum Gasteiger partial charge on any atom is 0.0597 e. The zero-order valence-electron chi connectivity index (χ0n) is 13.2. The van der Waals surface area contributed by atoms with Gasteiger partial charge in [-0.15, -0.1) is 0 Å². The molecule has 1 N–H and O–H groups in total. The number of piperazine rings is 1. The minimum Gasteiger partial charge on any atom is -0.377 e. The monoisotopic (exact) mass is 256 g/mol. The van der Waals surface area contributed by atoms with Crippen molar-refractivity contribution in [2.75, 3.05) is 26.2 Å². The van der Waals surface area contributed by atoms with E-state index in [1.54, 1.807) is 0 Å². The summed E-state index contributed by atoms with van der Waals surface area (Å²) in [7, 11) is 0. The lowest BCUT2D eigenvalue weighted by Gasteiger charge is -2.52. The molecule has 3 nitrogen and oxygen atoms in total. The van der Waals surface area contributed by atoms with Crippen LogP contribution in [0.5, 0.6) is 0 Å². The normalized spacial score (nSPS) is 23.5. The van der Waals surface area contributed by atoms with Crippen LogP contribution in [-0.4, -0.2) is 48.3 Å². The van der Waals surface area contributed by atoms with Crippen molar-refractivity contribution in [2.24, 2.45) is 0 Å². The Morgan fingerprint density at radius 3 is 2.33 bits per heavy atom. The van der Waals surface area contributed by atoms with E-state index in [9.17, 15) is 0 Å². The minimum absolute atomic E-state index is 0.214. The van der Waals surface area contributed by atoms with Crippen LogP contribution in [-0.2, 0) is 4.74 Å². The molecular formula is C15H32N2O. The molecule has 1 saturated heterocycles. The van der Waals surface area contributed by atoms with Gasteiger partial charge in [0.05, 0.1) is 12.7 Å². The highest BCUT2D eigenvalue weighted by molar-refractivity contribution is 5.01. The standard InChI is InChI=1S/C15H32N2O/c1-7-15(8-2)11-16-14(5,6)12-17(15)9-10-18-13(3)4/h13,16H,7-12H2,1-6H3. The molecular weight excluding hydrogens is 224 g/mol. The third-order valence-electron chi connectivity index (χ3n) is 4.28. The van der Waals surface area contributed by atoms with E-state index in [1.807, 2.05) is 0 Å². The Balaban J connectivity index is 2.65. The summed E-state index contributed by atoms with van der Waals surface area (Å²) in [4.78, 5) is 2.64. The van der Waals surface area contributed by atoms with E-state index in [2.05, 4.69) is 51.8 Å². The van der Waals surface area contributed by atoms with Crippen LogP contribution in [0.4, 0.5) is 0 Å². The second-order valence-electron chi connectivity index (χ2n) is 6.51. The first-order valence-corrected chi connectivity index (χ1v) is 7.47. The molecule has 0 radical (unpaired) electrons. The van der Waals surface area contributed by atoms with Crippen LogP contribution in [0.3, 0.4) is 0 Å². The second-order valence-corrected chi connectivity index (χ2v) is 6.51. The van der Waals surface area contributed by atoms with E-state index >= 15 is 0 Å². The fourth-order valence-corrected chi connectivity index (χ4v) is 2.88. The van der Waals surface area contributed by atoms with Gasteiger partial charge in [-0.1, -0.05) is 13.8 Å². The molecule has 0 aliphatic carbocycles. The third-order valence-corrected chi connectivity index (χ3v) is 4.28. The first-order valence-electron chi connectivity index (χ1n) is 7.47. The molecule has 1 fully saturated rings. The van der Waals surface area contributed by atoms with Gasteiger partial charge >= 0.3 is 0 Å². The predicted molar refractivity (Wildman–Crippen MR) is 78.1 cm³/mol. The number of hydrogen-bond acceptors (Lipinski definition) is 3. The zero-order valence-corrected chi connectivity index (χ0v) is 13.2. The first-order chi connectivity index (χ1) is 8.35. The van der Waals surface area contributed by atoms with Crippen molar-refractivity contribution in [1.82, 2.24) is 10.2 Å². The molecule has 0 aromatic carbocycles. The Bertz CT molecular complexity index is 247. The summed E-state index contributed by atoms with van der Waals surface area (Å²) in [5.41, 5.74) is 0.529. The van der Waals surface area contributed by atoms with Crippen molar-refractivity contribution in [2.45, 2.75) is 71.6 Å². The largest absolute Gasteiger partial charge is 0.377 e. The van der Waals surface area contributed by atoms with Crippen LogP contribution in [0, 0.1) is 0 Å². The maximum atomic E-state index is 5.73. The zero-order chi connectivity index (χ0) is 13.8. The van der Waals surface area contributed by atoms with Gasteiger partial charge in [0.25, 0.3) is 0 Å². The molecule has 3 heteroatoms. The summed E-state index contributed by atoms with van der Waals surface area (Å²) >= 11 is 0. The number of nitrogens with one attached hydrogen (secondary N) is 1. The van der Waals surface area contributed by atoms with E-state index < -0.39 is 0 Å². The highest BCUT2D eigenvalue weighted by Crippen LogP contribution is 2.29. The summed E-state index contributed by atoms with van der Waals surface area (Å²) in [6, 6.07) is 0. The summed E-state index contributed by atoms with van der Waals surface area (Å²) in [5.74, 6) is 0. The van der Waals surface area contributed by atoms with Crippen LogP contribution in [0.1, 0.15) is 54.4 Å². The third kappa shape index (κ3) is 3.94. The highest BCUT2D eigenvalue weighted by Gasteiger charge is 2.41. The molecule has 108 valence electrons. The molecule has 1 aliphatic heterocycles. The smallest absolute Gasteiger partial charge is 0.0597 e. The van der Waals surface area contributed by atoms with Gasteiger partial charge in [0.2, 0.25) is 0 Å². The van der Waals surface area contributed by atoms with Crippen molar-refractivity contribution in [1.29, 1.82) is 0 Å². The Kier molecular flexibility index (Phi) is 5.63. The summed E-state index contributed by atoms with van der Waals surface area (Å²) in [6.07, 6.45) is 2.74. The van der Waals surface area contributed by atoms with Gasteiger partial charge in [-0.2, -0.15) is 0 Å². The summed E-state index contributed by atoms with van der Waals surface area (Å²) < 4.78 is 5.73. The molecule has 1 rings (SSSR count). The van der Waals surface area contributed by atoms with Gasteiger partial charge < -0.3 is 10.1 Å². The number of ether oxygens (including phenoxy) is 1. The molecule has 0 unspecified atom stereocenters. The SMILES string of the molecule is CCC1(CC)CNC(C)(C)CN1CCOC(C)C. The topological polar surface area (TPSA) is 24.5 Å². The molecule has 0 bridgehead atoms. The molecule has 0 atom stereocenters. The number of nitrogens with zero attached hydrogens (tertiary/aromatic N) is 1. The molecule has 1 heterocycles. The molecule has 0 aromatic heterocycles. The lowest BCUT2D eigenvalue weighted by atomic mass is 9.84. The van der Waals surface area contributed by atoms with E-state index in [1.165, 1.54) is 12.8 Å². The first kappa shape index (κ1) is 15.9. The summed E-state index contributed by atoms with van der Waals surface area (Å²) in [6.45, 7) is 17.5. The highest BCUT2D eigenvalue weighted by atomic mass is 16.5. The minimum atomic E-state index is 0.214. The van der Waals surface area contributed by atoms with E-state index in [4.69, 9.17) is 4.74 Å². The van der Waals surface area contributed by atoms with Crippen molar-refractivity contribution >= 4 is 0 Å². The van der Waals surface area contributed by atoms with Crippen LogP contribution >= 0.6 is 0 Å². The van der Waals surface area contributed by atoms with Crippen LogP contribution in [0.25, 0.3) is 0 Å². The average molecular weight is 256 g/mol. The Morgan fingerprint density at radius 1 is 1.22 bits per heavy atom. The van der Waals surface area contributed by atoms with Crippen LogP contribution < -0.4 is 5.32 Å². The lowest BCUT2D eigenvalue weighted by Crippen LogP contribution is -2.68. The Labute approximate surface area is 113 Å². The van der Waals surface area contributed by atoms with Crippen LogP contribution in [0.15, 0.2) is 0 Å². The fraction of sp³-hybridized carbons (Fsp3) is 1.00. The van der Waals surface area contributed by atoms with E-state index in [0.717, 1.165) is 26.2 Å². The number of hydrogen-bond donors (Lipinski definition) is 1. The van der Waals surface area contributed by atoms with Crippen molar-refractivity contribution in [3.05, 3.63) is 0 Å². The van der Waals surface area contributed by atoms with Gasteiger partial charge in [-0.25, -0.2) is 0 Å². The van der Waals surface area contributed by atoms with Crippen LogP contribution in [0.2, 0.25) is 0 Å². The van der Waals surface area contributed by atoms with Crippen molar-refractivity contribution in [3.63, 3.8) is 0 Å². The van der Waals surface area contributed by atoms with Gasteiger partial charge in [0, 0.05) is 30.7 Å².